The van der Waals surface area contributed by atoms with E-state index in [1.807, 2.05) is 47.7 Å². The normalized spacial score (nSPS) is 20.3. The first-order chi connectivity index (χ1) is 17.9. The van der Waals surface area contributed by atoms with Gasteiger partial charge < -0.3 is 14.9 Å². The van der Waals surface area contributed by atoms with Crippen LogP contribution in [0.5, 0.6) is 0 Å². The van der Waals surface area contributed by atoms with Crippen LogP contribution in [0.2, 0.25) is 10.0 Å². The number of carbonyl (C=O) groups is 2. The number of fused-ring (bicyclic) bond motifs is 3. The molecule has 1 N–H and O–H groups in total. The molecule has 2 amide bonds. The zero-order valence-corrected chi connectivity index (χ0v) is 23.7. The second kappa shape index (κ2) is 9.70. The highest BCUT2D eigenvalue weighted by Gasteiger charge is 2.40. The van der Waals surface area contributed by atoms with Crippen molar-refractivity contribution >= 4 is 35.0 Å². The molecule has 0 aliphatic carbocycles. The Bertz CT molecular complexity index is 1410. The summed E-state index contributed by atoms with van der Waals surface area (Å²) in [6.07, 6.45) is 0.566. The third kappa shape index (κ3) is 4.61. The van der Waals surface area contributed by atoms with Gasteiger partial charge in [0, 0.05) is 30.1 Å². The molecule has 3 atom stereocenters. The summed E-state index contributed by atoms with van der Waals surface area (Å²) < 4.78 is 1.84. The van der Waals surface area contributed by atoms with Crippen molar-refractivity contribution in [3.8, 4) is 0 Å². The summed E-state index contributed by atoms with van der Waals surface area (Å²) in [4.78, 5) is 31.1. The smallest absolute Gasteiger partial charge is 0.273 e. The van der Waals surface area contributed by atoms with Crippen LogP contribution in [0.15, 0.2) is 42.5 Å². The van der Waals surface area contributed by atoms with Crippen molar-refractivity contribution in [3.63, 3.8) is 0 Å². The zero-order valence-electron chi connectivity index (χ0n) is 22.2. The number of halogens is 2. The average molecular weight is 556 g/mol. The molecule has 0 radical (unpaired) electrons. The van der Waals surface area contributed by atoms with Gasteiger partial charge in [0.25, 0.3) is 11.8 Å². The van der Waals surface area contributed by atoms with Crippen LogP contribution in [0, 0.1) is 0 Å². The minimum Gasteiger partial charge on any atom is -0.386 e. The maximum atomic E-state index is 13.9. The minimum atomic E-state index is -0.930. The number of rotatable bonds is 4. The number of aliphatic hydroxyl groups is 1. The lowest BCUT2D eigenvalue weighted by Gasteiger charge is -2.37. The third-order valence-electron chi connectivity index (χ3n) is 7.78. The zero-order chi connectivity index (χ0) is 27.5. The fourth-order valence-corrected chi connectivity index (χ4v) is 5.74. The predicted octanol–water partition coefficient (Wildman–Crippen LogP) is 5.78. The number of carbonyl (C=O) groups excluding carboxylic acids is 2. The van der Waals surface area contributed by atoms with Gasteiger partial charge in [-0.25, -0.2) is 0 Å². The third-order valence-corrected chi connectivity index (χ3v) is 8.52. The van der Waals surface area contributed by atoms with Crippen molar-refractivity contribution in [1.29, 1.82) is 0 Å². The topological polar surface area (TPSA) is 78.7 Å². The second-order valence-corrected chi connectivity index (χ2v) is 11.8. The highest BCUT2D eigenvalue weighted by atomic mass is 35.5. The van der Waals surface area contributed by atoms with Crippen LogP contribution in [0.4, 0.5) is 0 Å². The van der Waals surface area contributed by atoms with Crippen molar-refractivity contribution in [2.45, 2.75) is 71.3 Å². The van der Waals surface area contributed by atoms with Gasteiger partial charge in [-0.2, -0.15) is 5.10 Å². The fourth-order valence-electron chi connectivity index (χ4n) is 5.44. The van der Waals surface area contributed by atoms with Crippen molar-refractivity contribution < 1.29 is 14.7 Å². The Kier molecular flexibility index (Phi) is 6.83. The molecule has 2 aromatic carbocycles. The van der Waals surface area contributed by atoms with Crippen LogP contribution in [-0.2, 0) is 18.6 Å². The van der Waals surface area contributed by atoms with E-state index in [4.69, 9.17) is 28.3 Å². The molecule has 0 unspecified atom stereocenters. The van der Waals surface area contributed by atoms with Gasteiger partial charge in [-0.05, 0) is 63.9 Å². The SMILES string of the molecule is C[C@@H]1Cc2nn3c(c2CN1C(=O)c1ccc(Cl)c(Cl)c1)C(=O)N([C@H](C)c1ccc(C(C)(C)O)cc1)C[C@H]3C. The van der Waals surface area contributed by atoms with E-state index < -0.39 is 5.60 Å². The molecule has 0 spiro atoms. The van der Waals surface area contributed by atoms with Crippen molar-refractivity contribution in [3.05, 3.63) is 86.2 Å². The molecule has 0 bridgehead atoms. The van der Waals surface area contributed by atoms with E-state index in [-0.39, 0.29) is 29.9 Å². The van der Waals surface area contributed by atoms with Gasteiger partial charge in [-0.15, -0.1) is 0 Å². The van der Waals surface area contributed by atoms with Crippen LogP contribution >= 0.6 is 23.2 Å². The number of nitrogens with zero attached hydrogens (tertiary/aromatic N) is 4. The van der Waals surface area contributed by atoms with Crippen LogP contribution in [0.25, 0.3) is 0 Å². The number of amides is 2. The molecule has 5 rings (SSSR count). The van der Waals surface area contributed by atoms with E-state index in [1.165, 1.54) is 0 Å². The molecule has 2 aliphatic rings. The van der Waals surface area contributed by atoms with Gasteiger partial charge in [0.1, 0.15) is 5.69 Å². The summed E-state index contributed by atoms with van der Waals surface area (Å²) in [7, 11) is 0. The molecule has 7 nitrogen and oxygen atoms in total. The quantitative estimate of drug-likeness (QED) is 0.443. The van der Waals surface area contributed by atoms with Crippen molar-refractivity contribution in [1.82, 2.24) is 19.6 Å². The molecule has 1 aromatic heterocycles. The lowest BCUT2D eigenvalue weighted by Crippen LogP contribution is -2.45. The Balaban J connectivity index is 1.45. The minimum absolute atomic E-state index is 0.0130. The van der Waals surface area contributed by atoms with Crippen LogP contribution in [-0.4, -0.2) is 49.1 Å². The molecule has 0 saturated carbocycles. The summed E-state index contributed by atoms with van der Waals surface area (Å²) in [5.74, 6) is -0.248. The Morgan fingerprint density at radius 2 is 1.76 bits per heavy atom. The molecule has 9 heteroatoms. The molecule has 0 saturated heterocycles. The first kappa shape index (κ1) is 26.7. The first-order valence-electron chi connectivity index (χ1n) is 12.9. The standard InChI is InChI=1S/C29H32Cl2N4O3/c1-16-12-25-22(15-33(16)27(36)20-8-11-23(30)24(31)13-20)26-28(37)34(14-17(2)35(26)32-25)18(3)19-6-9-21(10-7-19)29(4,5)38/h6-11,13,16-18,38H,12,14-15H2,1-5H3/t16-,17-,18-/m1/s1. The monoisotopic (exact) mass is 554 g/mol. The van der Waals surface area contributed by atoms with E-state index in [1.54, 1.807) is 36.9 Å². The maximum Gasteiger partial charge on any atom is 0.273 e. The van der Waals surface area contributed by atoms with Gasteiger partial charge in [-0.3, -0.25) is 14.3 Å². The average Bonchev–Trinajstić information content (AvgIpc) is 3.25. The first-order valence-corrected chi connectivity index (χ1v) is 13.6. The van der Waals surface area contributed by atoms with Gasteiger partial charge in [0.2, 0.25) is 0 Å². The molecular weight excluding hydrogens is 523 g/mol. The molecule has 0 fully saturated rings. The van der Waals surface area contributed by atoms with Crippen LogP contribution in [0.1, 0.15) is 89.9 Å². The summed E-state index contributed by atoms with van der Waals surface area (Å²) in [5.41, 5.74) is 3.57. The second-order valence-electron chi connectivity index (χ2n) is 11.0. The Morgan fingerprint density at radius 3 is 2.39 bits per heavy atom. The lowest BCUT2D eigenvalue weighted by molar-refractivity contribution is 0.0573. The van der Waals surface area contributed by atoms with Gasteiger partial charge in [0.15, 0.2) is 0 Å². The summed E-state index contributed by atoms with van der Waals surface area (Å²) >= 11 is 12.2. The summed E-state index contributed by atoms with van der Waals surface area (Å²) in [5, 5.41) is 15.9. The lowest BCUT2D eigenvalue weighted by atomic mass is 9.94. The van der Waals surface area contributed by atoms with E-state index >= 15 is 0 Å². The number of hydrogen-bond acceptors (Lipinski definition) is 4. The predicted molar refractivity (Wildman–Crippen MR) is 148 cm³/mol. The van der Waals surface area contributed by atoms with Crippen LogP contribution in [0.3, 0.4) is 0 Å². The van der Waals surface area contributed by atoms with Gasteiger partial charge in [-0.1, -0.05) is 47.5 Å². The number of hydrogen-bond donors (Lipinski definition) is 1. The fraction of sp³-hybridized carbons (Fsp3) is 0.414. The van der Waals surface area contributed by atoms with Gasteiger partial charge >= 0.3 is 0 Å². The van der Waals surface area contributed by atoms with Crippen LogP contribution < -0.4 is 0 Å². The summed E-state index contributed by atoms with van der Waals surface area (Å²) in [6, 6.07) is 12.4. The molecule has 200 valence electrons. The Hall–Kier alpha value is -2.87. The highest BCUT2D eigenvalue weighted by molar-refractivity contribution is 6.42. The van der Waals surface area contributed by atoms with Crippen molar-refractivity contribution in [2.24, 2.45) is 0 Å². The number of aromatic nitrogens is 2. The Morgan fingerprint density at radius 1 is 1.08 bits per heavy atom. The molecule has 3 heterocycles. The largest absolute Gasteiger partial charge is 0.386 e. The van der Waals surface area contributed by atoms with E-state index in [0.717, 1.165) is 22.4 Å². The molecule has 38 heavy (non-hydrogen) atoms. The molecule has 2 aliphatic heterocycles. The molecule has 3 aromatic rings. The van der Waals surface area contributed by atoms with Gasteiger partial charge in [0.05, 0.1) is 40.0 Å². The molecular formula is C29H32Cl2N4O3. The number of benzene rings is 2. The Labute approximate surface area is 232 Å². The highest BCUT2D eigenvalue weighted by Crippen LogP contribution is 2.36. The van der Waals surface area contributed by atoms with E-state index in [2.05, 4.69) is 6.92 Å². The maximum absolute atomic E-state index is 13.9. The van der Waals surface area contributed by atoms with E-state index in [9.17, 15) is 14.7 Å². The van der Waals surface area contributed by atoms with E-state index in [0.29, 0.717) is 40.8 Å². The summed E-state index contributed by atoms with van der Waals surface area (Å²) in [6.45, 7) is 10.4. The van der Waals surface area contributed by atoms with Crippen molar-refractivity contribution in [2.75, 3.05) is 6.54 Å².